The molecule has 1 heterocycles. The van der Waals surface area contributed by atoms with Crippen molar-refractivity contribution in [2.24, 2.45) is 0 Å². The maximum absolute atomic E-state index is 3.46. The molecule has 1 saturated carbocycles. The highest BCUT2D eigenvalue weighted by molar-refractivity contribution is 9.14. The van der Waals surface area contributed by atoms with Gasteiger partial charge in [0.05, 0.1) is 6.04 Å². The average molecular weight is 283 g/mol. The van der Waals surface area contributed by atoms with E-state index < -0.39 is 0 Å². The van der Waals surface area contributed by atoms with Crippen LogP contribution in [0.3, 0.4) is 0 Å². The van der Waals surface area contributed by atoms with Gasteiger partial charge in [-0.05, 0) is 44.7 Å². The number of halogens is 2. The lowest BCUT2D eigenvalue weighted by Gasteiger charge is -2.25. The molecule has 0 bridgehead atoms. The van der Waals surface area contributed by atoms with E-state index in [4.69, 9.17) is 0 Å². The zero-order chi connectivity index (χ0) is 8.01. The lowest BCUT2D eigenvalue weighted by Crippen LogP contribution is -2.42. The minimum atomic E-state index is 0.683. The summed E-state index contributed by atoms with van der Waals surface area (Å²) < 4.78 is 2.07. The SMILES string of the molecule is CN1C(Br)=C(Br)NN1C1CC1. The van der Waals surface area contributed by atoms with Gasteiger partial charge in [0.25, 0.3) is 0 Å². The minimum Gasteiger partial charge on any atom is -0.292 e. The molecule has 1 fully saturated rings. The highest BCUT2D eigenvalue weighted by atomic mass is 79.9. The van der Waals surface area contributed by atoms with E-state index in [0.717, 1.165) is 9.21 Å². The van der Waals surface area contributed by atoms with Crippen LogP contribution in [0, 0.1) is 0 Å². The van der Waals surface area contributed by atoms with Crippen LogP contribution in [0.1, 0.15) is 12.8 Å². The molecule has 3 nitrogen and oxygen atoms in total. The van der Waals surface area contributed by atoms with Crippen molar-refractivity contribution in [2.75, 3.05) is 7.05 Å². The second-order valence-corrected chi connectivity index (χ2v) is 4.36. The van der Waals surface area contributed by atoms with Crippen LogP contribution in [0.15, 0.2) is 9.21 Å². The van der Waals surface area contributed by atoms with E-state index in [0.29, 0.717) is 6.04 Å². The van der Waals surface area contributed by atoms with Crippen LogP contribution < -0.4 is 5.43 Å². The first-order valence-corrected chi connectivity index (χ1v) is 5.13. The fourth-order valence-electron chi connectivity index (χ4n) is 1.11. The molecular formula is C6H9Br2N3. The summed E-state index contributed by atoms with van der Waals surface area (Å²) in [6, 6.07) is 0.683. The molecule has 0 aromatic carbocycles. The highest BCUT2D eigenvalue weighted by Gasteiger charge is 2.36. The Bertz CT molecular complexity index is 212. The minimum absolute atomic E-state index is 0.683. The summed E-state index contributed by atoms with van der Waals surface area (Å²) in [5.41, 5.74) is 3.22. The maximum Gasteiger partial charge on any atom is 0.128 e. The summed E-state index contributed by atoms with van der Waals surface area (Å²) in [6.07, 6.45) is 2.58. The first-order chi connectivity index (χ1) is 5.20. The van der Waals surface area contributed by atoms with E-state index in [2.05, 4.69) is 47.4 Å². The summed E-state index contributed by atoms with van der Waals surface area (Å²) in [6.45, 7) is 0. The van der Waals surface area contributed by atoms with Gasteiger partial charge in [0.15, 0.2) is 0 Å². The molecule has 0 unspecified atom stereocenters. The van der Waals surface area contributed by atoms with Crippen molar-refractivity contribution in [3.8, 4) is 0 Å². The lowest BCUT2D eigenvalue weighted by molar-refractivity contribution is 0.0181. The molecule has 2 rings (SSSR count). The Hall–Kier alpha value is 0.260. The number of nitrogens with zero attached hydrogens (tertiary/aromatic N) is 2. The Morgan fingerprint density at radius 3 is 2.45 bits per heavy atom. The molecular weight excluding hydrogens is 274 g/mol. The van der Waals surface area contributed by atoms with E-state index in [1.807, 2.05) is 7.05 Å². The van der Waals surface area contributed by atoms with Gasteiger partial charge in [-0.15, -0.1) is 5.12 Å². The molecule has 11 heavy (non-hydrogen) atoms. The van der Waals surface area contributed by atoms with Gasteiger partial charge in [0.1, 0.15) is 9.21 Å². The van der Waals surface area contributed by atoms with Crippen LogP contribution >= 0.6 is 31.9 Å². The normalized spacial score (nSPS) is 26.3. The van der Waals surface area contributed by atoms with Crippen molar-refractivity contribution in [2.45, 2.75) is 18.9 Å². The predicted octanol–water partition coefficient (Wildman–Crippen LogP) is 1.73. The molecule has 5 heteroatoms. The van der Waals surface area contributed by atoms with Crippen molar-refractivity contribution in [1.29, 1.82) is 0 Å². The molecule has 1 aliphatic heterocycles. The van der Waals surface area contributed by atoms with Gasteiger partial charge < -0.3 is 0 Å². The van der Waals surface area contributed by atoms with Crippen molar-refractivity contribution >= 4 is 31.9 Å². The predicted molar refractivity (Wildman–Crippen MR) is 50.6 cm³/mol. The third kappa shape index (κ3) is 1.29. The molecule has 2 aliphatic rings. The fraction of sp³-hybridized carbons (Fsp3) is 0.667. The molecule has 0 saturated heterocycles. The Morgan fingerprint density at radius 1 is 1.45 bits per heavy atom. The molecule has 0 aromatic rings. The monoisotopic (exact) mass is 281 g/mol. The summed E-state index contributed by atoms with van der Waals surface area (Å²) >= 11 is 6.88. The Labute approximate surface area is 82.6 Å². The van der Waals surface area contributed by atoms with Gasteiger partial charge in [-0.25, -0.2) is 0 Å². The topological polar surface area (TPSA) is 18.5 Å². The van der Waals surface area contributed by atoms with Crippen LogP contribution in [0.25, 0.3) is 0 Å². The summed E-state index contributed by atoms with van der Waals surface area (Å²) in [5, 5.41) is 4.20. The molecule has 1 N–H and O–H groups in total. The first kappa shape index (κ1) is 7.89. The lowest BCUT2D eigenvalue weighted by atomic mass is 10.7. The largest absolute Gasteiger partial charge is 0.292 e. The molecule has 0 atom stereocenters. The number of hydrogen-bond donors (Lipinski definition) is 1. The summed E-state index contributed by atoms with van der Waals surface area (Å²) in [4.78, 5) is 0. The zero-order valence-electron chi connectivity index (χ0n) is 6.14. The van der Waals surface area contributed by atoms with Crippen LogP contribution in [0.5, 0.6) is 0 Å². The Morgan fingerprint density at radius 2 is 2.09 bits per heavy atom. The first-order valence-electron chi connectivity index (χ1n) is 3.55. The standard InChI is InChI=1S/C6H9Br2N3/c1-10-6(8)5(7)9-11(10)4-2-3-4/h4,9H,2-3H2,1H3. The van der Waals surface area contributed by atoms with E-state index in [1.165, 1.54) is 12.8 Å². The zero-order valence-corrected chi connectivity index (χ0v) is 9.31. The quantitative estimate of drug-likeness (QED) is 0.739. The van der Waals surface area contributed by atoms with E-state index in [9.17, 15) is 0 Å². The maximum atomic E-state index is 3.46. The van der Waals surface area contributed by atoms with E-state index in [1.54, 1.807) is 0 Å². The number of hydrazine groups is 2. The Kier molecular flexibility index (Phi) is 1.89. The fourth-order valence-corrected chi connectivity index (χ4v) is 1.81. The van der Waals surface area contributed by atoms with Crippen LogP contribution in [-0.4, -0.2) is 23.2 Å². The van der Waals surface area contributed by atoms with Gasteiger partial charge in [0.2, 0.25) is 0 Å². The molecule has 62 valence electrons. The van der Waals surface area contributed by atoms with Crippen molar-refractivity contribution in [1.82, 2.24) is 15.6 Å². The highest BCUT2D eigenvalue weighted by Crippen LogP contribution is 2.34. The summed E-state index contributed by atoms with van der Waals surface area (Å²) in [7, 11) is 2.03. The molecule has 0 amide bonds. The number of hydrogen-bond acceptors (Lipinski definition) is 3. The third-order valence-corrected chi connectivity index (χ3v) is 3.89. The second-order valence-electron chi connectivity index (χ2n) is 2.82. The van der Waals surface area contributed by atoms with Crippen LogP contribution in [-0.2, 0) is 0 Å². The van der Waals surface area contributed by atoms with Crippen molar-refractivity contribution in [3.63, 3.8) is 0 Å². The van der Waals surface area contributed by atoms with Gasteiger partial charge in [-0.3, -0.25) is 10.4 Å². The van der Waals surface area contributed by atoms with Crippen LogP contribution in [0.4, 0.5) is 0 Å². The Balaban J connectivity index is 2.09. The van der Waals surface area contributed by atoms with Crippen LogP contribution in [0.2, 0.25) is 0 Å². The molecule has 0 radical (unpaired) electrons. The number of rotatable bonds is 1. The van der Waals surface area contributed by atoms with E-state index >= 15 is 0 Å². The van der Waals surface area contributed by atoms with Gasteiger partial charge >= 0.3 is 0 Å². The van der Waals surface area contributed by atoms with Crippen molar-refractivity contribution < 1.29 is 0 Å². The van der Waals surface area contributed by atoms with Gasteiger partial charge in [-0.2, -0.15) is 0 Å². The third-order valence-electron chi connectivity index (χ3n) is 1.89. The average Bonchev–Trinajstić information content (AvgIpc) is 2.76. The van der Waals surface area contributed by atoms with Gasteiger partial charge in [-0.1, -0.05) is 0 Å². The number of nitrogens with one attached hydrogen (secondary N) is 1. The molecule has 0 aromatic heterocycles. The van der Waals surface area contributed by atoms with Crippen molar-refractivity contribution in [3.05, 3.63) is 9.21 Å². The second kappa shape index (κ2) is 2.64. The smallest absolute Gasteiger partial charge is 0.128 e. The summed E-state index contributed by atoms with van der Waals surface area (Å²) in [5.74, 6) is 0. The molecule has 0 spiro atoms. The van der Waals surface area contributed by atoms with E-state index in [-0.39, 0.29) is 0 Å². The molecule has 1 aliphatic carbocycles. The van der Waals surface area contributed by atoms with Gasteiger partial charge in [0, 0.05) is 7.05 Å².